The minimum absolute atomic E-state index is 0.0548. The van der Waals surface area contributed by atoms with Crippen molar-refractivity contribution in [3.63, 3.8) is 0 Å². The van der Waals surface area contributed by atoms with E-state index in [1.54, 1.807) is 19.1 Å². The summed E-state index contributed by atoms with van der Waals surface area (Å²) in [5, 5.41) is 4.02. The molecule has 7 heteroatoms. The number of rotatable bonds is 6. The van der Waals surface area contributed by atoms with Crippen LogP contribution in [0.2, 0.25) is 0 Å². The minimum Gasteiger partial charge on any atom is -0.481 e. The lowest BCUT2D eigenvalue weighted by Gasteiger charge is -2.33. The summed E-state index contributed by atoms with van der Waals surface area (Å²) in [4.78, 5) is 19.5. The molecule has 1 aliphatic rings. The molecule has 0 radical (unpaired) electrons. The van der Waals surface area contributed by atoms with Crippen molar-refractivity contribution in [1.82, 2.24) is 15.0 Å². The highest BCUT2D eigenvalue weighted by Gasteiger charge is 2.31. The van der Waals surface area contributed by atoms with Gasteiger partial charge in [-0.2, -0.15) is 4.98 Å². The maximum Gasteiger partial charge on any atom is 0.263 e. The maximum atomic E-state index is 13.5. The van der Waals surface area contributed by atoms with E-state index < -0.39 is 6.10 Å². The fourth-order valence-electron chi connectivity index (χ4n) is 4.24. The molecule has 1 saturated heterocycles. The van der Waals surface area contributed by atoms with E-state index in [1.165, 1.54) is 12.1 Å². The van der Waals surface area contributed by atoms with Gasteiger partial charge in [-0.25, -0.2) is 4.39 Å². The number of carbonyl (C=O) groups excluding carboxylic acids is 1. The first kappa shape index (κ1) is 23.0. The molecule has 2 aromatic carbocycles. The van der Waals surface area contributed by atoms with Crippen LogP contribution in [0.5, 0.6) is 5.75 Å². The summed E-state index contributed by atoms with van der Waals surface area (Å²) < 4.78 is 25.2. The summed E-state index contributed by atoms with van der Waals surface area (Å²) in [6.45, 7) is 9.19. The number of aryl methyl sites for hydroxylation is 1. The molecule has 6 nitrogen and oxygen atoms in total. The third-order valence-electron chi connectivity index (χ3n) is 6.05. The van der Waals surface area contributed by atoms with Crippen LogP contribution in [0.4, 0.5) is 4.39 Å². The highest BCUT2D eigenvalue weighted by Crippen LogP contribution is 2.30. The van der Waals surface area contributed by atoms with E-state index in [1.807, 2.05) is 17.9 Å². The first-order valence-corrected chi connectivity index (χ1v) is 11.5. The summed E-state index contributed by atoms with van der Waals surface area (Å²) in [5.41, 5.74) is 2.75. The van der Waals surface area contributed by atoms with Crippen LogP contribution in [0, 0.1) is 12.7 Å². The molecule has 2 unspecified atom stereocenters. The van der Waals surface area contributed by atoms with Crippen LogP contribution in [0.1, 0.15) is 62.5 Å². The summed E-state index contributed by atoms with van der Waals surface area (Å²) >= 11 is 0. The van der Waals surface area contributed by atoms with Crippen molar-refractivity contribution in [3.8, 4) is 17.1 Å². The maximum absolute atomic E-state index is 13.5. The number of amides is 1. The third kappa shape index (κ3) is 5.24. The van der Waals surface area contributed by atoms with Gasteiger partial charge in [-0.1, -0.05) is 43.3 Å². The lowest BCUT2D eigenvalue weighted by Crippen LogP contribution is -2.45. The van der Waals surface area contributed by atoms with Crippen LogP contribution < -0.4 is 4.74 Å². The van der Waals surface area contributed by atoms with Gasteiger partial charge in [0.15, 0.2) is 6.10 Å². The predicted octanol–water partition coefficient (Wildman–Crippen LogP) is 5.48. The standard InChI is InChI=1S/C26H30FN3O3/c1-16(2)22-11-10-17(3)13-23(22)32-18(4)26(31)30-12-6-8-20(15-30)25-28-24(29-33-25)19-7-5-9-21(27)14-19/h5,7,9-11,13-14,16,18,20H,6,8,12,15H2,1-4H3. The molecule has 1 aromatic heterocycles. The van der Waals surface area contributed by atoms with Crippen LogP contribution >= 0.6 is 0 Å². The van der Waals surface area contributed by atoms with Crippen molar-refractivity contribution < 1.29 is 18.4 Å². The Morgan fingerprint density at radius 3 is 2.79 bits per heavy atom. The molecule has 0 aliphatic carbocycles. The molecule has 2 heterocycles. The topological polar surface area (TPSA) is 68.5 Å². The fourth-order valence-corrected chi connectivity index (χ4v) is 4.24. The van der Waals surface area contributed by atoms with Gasteiger partial charge in [-0.3, -0.25) is 4.79 Å². The second-order valence-corrected chi connectivity index (χ2v) is 9.05. The van der Waals surface area contributed by atoms with E-state index in [0.717, 1.165) is 29.7 Å². The first-order chi connectivity index (χ1) is 15.8. The van der Waals surface area contributed by atoms with Gasteiger partial charge in [-0.15, -0.1) is 0 Å². The Kier molecular flexibility index (Phi) is 6.77. The second kappa shape index (κ2) is 9.73. The van der Waals surface area contributed by atoms with Crippen molar-refractivity contribution in [2.75, 3.05) is 13.1 Å². The van der Waals surface area contributed by atoms with Crippen LogP contribution in [0.3, 0.4) is 0 Å². The fraction of sp³-hybridized carbons (Fsp3) is 0.423. The number of benzene rings is 2. The molecule has 1 fully saturated rings. The largest absolute Gasteiger partial charge is 0.481 e. The molecule has 0 spiro atoms. The van der Waals surface area contributed by atoms with Crippen molar-refractivity contribution in [2.45, 2.75) is 58.5 Å². The lowest BCUT2D eigenvalue weighted by atomic mass is 9.97. The van der Waals surface area contributed by atoms with E-state index in [2.05, 4.69) is 36.1 Å². The lowest BCUT2D eigenvalue weighted by molar-refractivity contribution is -0.139. The Hall–Kier alpha value is -3.22. The number of hydrogen-bond acceptors (Lipinski definition) is 5. The summed E-state index contributed by atoms with van der Waals surface area (Å²) in [6, 6.07) is 12.2. The Morgan fingerprint density at radius 2 is 2.03 bits per heavy atom. The van der Waals surface area contributed by atoms with Crippen molar-refractivity contribution in [1.29, 1.82) is 0 Å². The smallest absolute Gasteiger partial charge is 0.263 e. The zero-order chi connectivity index (χ0) is 23.5. The summed E-state index contributed by atoms with van der Waals surface area (Å²) in [6.07, 6.45) is 1.08. The summed E-state index contributed by atoms with van der Waals surface area (Å²) in [7, 11) is 0. The van der Waals surface area contributed by atoms with Crippen molar-refractivity contribution in [2.24, 2.45) is 0 Å². The van der Waals surface area contributed by atoms with Gasteiger partial charge >= 0.3 is 0 Å². The molecule has 33 heavy (non-hydrogen) atoms. The first-order valence-electron chi connectivity index (χ1n) is 11.5. The highest BCUT2D eigenvalue weighted by molar-refractivity contribution is 5.81. The van der Waals surface area contributed by atoms with Gasteiger partial charge in [0, 0.05) is 18.7 Å². The van der Waals surface area contributed by atoms with Gasteiger partial charge in [0.05, 0.1) is 5.92 Å². The van der Waals surface area contributed by atoms with Gasteiger partial charge in [0.1, 0.15) is 11.6 Å². The zero-order valence-corrected chi connectivity index (χ0v) is 19.5. The minimum atomic E-state index is -0.603. The molecule has 1 aliphatic heterocycles. The SMILES string of the molecule is Cc1ccc(C(C)C)c(OC(C)C(=O)N2CCCC(c3nc(-c4cccc(F)c4)no3)C2)c1. The van der Waals surface area contributed by atoms with Gasteiger partial charge in [-0.05, 0) is 61.9 Å². The number of hydrogen-bond donors (Lipinski definition) is 0. The number of halogens is 1. The van der Waals surface area contributed by atoms with Crippen LogP contribution in [-0.4, -0.2) is 40.1 Å². The third-order valence-corrected chi connectivity index (χ3v) is 6.05. The molecule has 4 rings (SSSR count). The Bertz CT molecular complexity index is 1130. The van der Waals surface area contributed by atoms with Gasteiger partial charge < -0.3 is 14.2 Å². The number of likely N-dealkylation sites (tertiary alicyclic amines) is 1. The van der Waals surface area contributed by atoms with E-state index in [-0.39, 0.29) is 17.6 Å². The second-order valence-electron chi connectivity index (χ2n) is 9.05. The van der Waals surface area contributed by atoms with Crippen LogP contribution in [0.15, 0.2) is 47.0 Å². The van der Waals surface area contributed by atoms with Crippen LogP contribution in [0.25, 0.3) is 11.4 Å². The molecule has 0 N–H and O–H groups in total. The molecular formula is C26H30FN3O3. The number of aromatic nitrogens is 2. The zero-order valence-electron chi connectivity index (χ0n) is 19.5. The molecule has 1 amide bonds. The Labute approximate surface area is 193 Å². The number of carbonyl (C=O) groups is 1. The molecule has 3 aromatic rings. The number of piperidine rings is 1. The quantitative estimate of drug-likeness (QED) is 0.496. The number of ether oxygens (including phenoxy) is 1. The normalized spacial score (nSPS) is 17.3. The molecule has 0 bridgehead atoms. The monoisotopic (exact) mass is 451 g/mol. The molecular weight excluding hydrogens is 421 g/mol. The van der Waals surface area contributed by atoms with E-state index in [4.69, 9.17) is 9.26 Å². The Morgan fingerprint density at radius 1 is 1.21 bits per heavy atom. The van der Waals surface area contributed by atoms with Crippen molar-refractivity contribution in [3.05, 3.63) is 65.3 Å². The van der Waals surface area contributed by atoms with Crippen molar-refractivity contribution >= 4 is 5.91 Å². The van der Waals surface area contributed by atoms with Gasteiger partial charge in [0.25, 0.3) is 5.91 Å². The van der Waals surface area contributed by atoms with E-state index >= 15 is 0 Å². The predicted molar refractivity (Wildman–Crippen MR) is 124 cm³/mol. The molecule has 0 saturated carbocycles. The Balaban J connectivity index is 1.44. The average molecular weight is 452 g/mol. The summed E-state index contributed by atoms with van der Waals surface area (Å²) in [5.74, 6) is 1.42. The highest BCUT2D eigenvalue weighted by atomic mass is 19.1. The average Bonchev–Trinajstić information content (AvgIpc) is 3.29. The molecule has 174 valence electrons. The number of nitrogens with zero attached hydrogens (tertiary/aromatic N) is 3. The molecule has 2 atom stereocenters. The van der Waals surface area contributed by atoms with E-state index in [0.29, 0.717) is 36.3 Å². The van der Waals surface area contributed by atoms with E-state index in [9.17, 15) is 9.18 Å². The van der Waals surface area contributed by atoms with Crippen LogP contribution in [-0.2, 0) is 4.79 Å². The van der Waals surface area contributed by atoms with Gasteiger partial charge in [0.2, 0.25) is 11.7 Å².